The van der Waals surface area contributed by atoms with Gasteiger partial charge in [0.25, 0.3) is 0 Å². The molecule has 0 amide bonds. The van der Waals surface area contributed by atoms with E-state index in [1.165, 1.54) is 17.7 Å². The normalized spacial score (nSPS) is 10.8. The van der Waals surface area contributed by atoms with Crippen LogP contribution in [0.15, 0.2) is 84.5 Å². The summed E-state index contributed by atoms with van der Waals surface area (Å²) >= 11 is 1.32. The van der Waals surface area contributed by atoms with Gasteiger partial charge >= 0.3 is 0 Å². The van der Waals surface area contributed by atoms with E-state index in [4.69, 9.17) is 4.74 Å². The van der Waals surface area contributed by atoms with Crippen LogP contribution in [-0.4, -0.2) is 21.2 Å². The Bertz CT molecular complexity index is 1370. The molecule has 0 aliphatic rings. The molecule has 0 fully saturated rings. The Kier molecular flexibility index (Phi) is 5.55. The first kappa shape index (κ1) is 19.8. The number of carbonyl (C=O) groups excluding carboxylic acids is 1. The monoisotopic (exact) mass is 438 g/mol. The second-order valence-electron chi connectivity index (χ2n) is 7.07. The zero-order valence-corrected chi connectivity index (χ0v) is 17.8. The Morgan fingerprint density at radius 3 is 2.59 bits per heavy atom. The van der Waals surface area contributed by atoms with Crippen molar-refractivity contribution in [2.45, 2.75) is 6.61 Å². The molecule has 1 N–H and O–H groups in total. The highest BCUT2D eigenvalue weighted by atomic mass is 32.1. The highest BCUT2D eigenvalue weighted by Crippen LogP contribution is 2.29. The number of fused-ring (bicyclic) bond motifs is 1. The van der Waals surface area contributed by atoms with Crippen LogP contribution in [0.4, 0.5) is 11.5 Å². The Hall–Kier alpha value is -4.10. The van der Waals surface area contributed by atoms with Crippen molar-refractivity contribution >= 4 is 40.0 Å². The smallest absolute Gasteiger partial charge is 0.178 e. The van der Waals surface area contributed by atoms with E-state index in [0.717, 1.165) is 45.4 Å². The molecule has 7 heteroatoms. The second-order valence-corrected chi connectivity index (χ2v) is 7.96. The number of carbonyl (C=O) groups is 1. The molecule has 0 atom stereocenters. The lowest BCUT2D eigenvalue weighted by molar-refractivity contribution is 0.112. The van der Waals surface area contributed by atoms with E-state index in [2.05, 4.69) is 20.3 Å². The maximum atomic E-state index is 11.0. The number of aromatic nitrogens is 3. The molecule has 0 bridgehead atoms. The number of anilines is 2. The summed E-state index contributed by atoms with van der Waals surface area (Å²) in [7, 11) is 0. The van der Waals surface area contributed by atoms with Crippen LogP contribution in [0, 0.1) is 0 Å². The van der Waals surface area contributed by atoms with Crippen LogP contribution in [0.3, 0.4) is 0 Å². The maximum absolute atomic E-state index is 11.0. The van der Waals surface area contributed by atoms with E-state index in [1.807, 2.05) is 78.2 Å². The number of hydrogen-bond acceptors (Lipinski definition) is 7. The van der Waals surface area contributed by atoms with Gasteiger partial charge in [-0.1, -0.05) is 36.4 Å². The van der Waals surface area contributed by atoms with Gasteiger partial charge in [-0.15, -0.1) is 11.3 Å². The molecule has 3 aromatic carbocycles. The molecule has 0 radical (unpaired) electrons. The lowest BCUT2D eigenvalue weighted by atomic mass is 10.1. The first-order valence-electron chi connectivity index (χ1n) is 9.98. The first-order chi connectivity index (χ1) is 15.8. The second kappa shape index (κ2) is 8.95. The first-order valence-corrected chi connectivity index (χ1v) is 10.9. The van der Waals surface area contributed by atoms with E-state index < -0.39 is 0 Å². The molecule has 0 saturated carbocycles. The molecule has 2 aromatic heterocycles. The van der Waals surface area contributed by atoms with E-state index in [9.17, 15) is 4.79 Å². The summed E-state index contributed by atoms with van der Waals surface area (Å²) in [5.74, 6) is 1.49. The van der Waals surface area contributed by atoms with Crippen molar-refractivity contribution in [3.63, 3.8) is 0 Å². The summed E-state index contributed by atoms with van der Waals surface area (Å²) in [4.78, 5) is 24.1. The fourth-order valence-corrected chi connectivity index (χ4v) is 3.93. The summed E-state index contributed by atoms with van der Waals surface area (Å²) in [6.07, 6.45) is 2.30. The van der Waals surface area contributed by atoms with Gasteiger partial charge in [0.15, 0.2) is 11.3 Å². The molecule has 0 aliphatic heterocycles. The molecule has 5 rings (SSSR count). The quantitative estimate of drug-likeness (QED) is 0.319. The third-order valence-electron chi connectivity index (χ3n) is 4.92. The van der Waals surface area contributed by atoms with Crippen LogP contribution in [0.1, 0.15) is 15.4 Å². The number of hydrogen-bond donors (Lipinski definition) is 1. The number of ether oxygens (including phenoxy) is 1. The van der Waals surface area contributed by atoms with Gasteiger partial charge in [-0.25, -0.2) is 15.0 Å². The average Bonchev–Trinajstić information content (AvgIpc) is 3.34. The standard InChI is InChI=1S/C25H18N4O2S/c30-13-24-29-23(15-32-24)18-6-11-22-21(12-18)25(27-16-26-22)28-19-7-9-20(10-8-19)31-14-17-4-2-1-3-5-17/h1-13,15-16H,14H2,(H,26,27,28). The predicted molar refractivity (Wildman–Crippen MR) is 127 cm³/mol. The van der Waals surface area contributed by atoms with E-state index in [1.54, 1.807) is 0 Å². The van der Waals surface area contributed by atoms with Gasteiger partial charge in [-0.3, -0.25) is 4.79 Å². The molecule has 156 valence electrons. The summed E-state index contributed by atoms with van der Waals surface area (Å²) in [6, 6.07) is 23.7. The lowest BCUT2D eigenvalue weighted by Gasteiger charge is -2.11. The molecule has 5 aromatic rings. The summed E-state index contributed by atoms with van der Waals surface area (Å²) in [6.45, 7) is 0.523. The molecule has 0 spiro atoms. The van der Waals surface area contributed by atoms with Crippen LogP contribution in [-0.2, 0) is 6.61 Å². The fourth-order valence-electron chi connectivity index (χ4n) is 3.30. The Balaban J connectivity index is 1.36. The highest BCUT2D eigenvalue weighted by Gasteiger charge is 2.09. The zero-order chi connectivity index (χ0) is 21.8. The van der Waals surface area contributed by atoms with Crippen molar-refractivity contribution in [1.29, 1.82) is 0 Å². The fraction of sp³-hybridized carbons (Fsp3) is 0.0400. The molecule has 32 heavy (non-hydrogen) atoms. The highest BCUT2D eigenvalue weighted by molar-refractivity contribution is 7.11. The van der Waals surface area contributed by atoms with Crippen molar-refractivity contribution in [2.75, 3.05) is 5.32 Å². The minimum absolute atomic E-state index is 0.456. The van der Waals surface area contributed by atoms with Crippen molar-refractivity contribution in [2.24, 2.45) is 0 Å². The van der Waals surface area contributed by atoms with Gasteiger partial charge in [0.1, 0.15) is 24.5 Å². The third kappa shape index (κ3) is 4.33. The molecule has 0 saturated heterocycles. The zero-order valence-electron chi connectivity index (χ0n) is 16.9. The summed E-state index contributed by atoms with van der Waals surface area (Å²) in [5.41, 5.74) is 4.50. The number of nitrogens with one attached hydrogen (secondary N) is 1. The van der Waals surface area contributed by atoms with Crippen molar-refractivity contribution in [3.8, 4) is 17.0 Å². The number of thiazole rings is 1. The van der Waals surface area contributed by atoms with E-state index in [0.29, 0.717) is 17.4 Å². The maximum Gasteiger partial charge on any atom is 0.178 e. The molecular formula is C25H18N4O2S. The van der Waals surface area contributed by atoms with Crippen LogP contribution >= 0.6 is 11.3 Å². The number of nitrogens with zero attached hydrogens (tertiary/aromatic N) is 3. The summed E-state index contributed by atoms with van der Waals surface area (Å²) < 4.78 is 5.86. The van der Waals surface area contributed by atoms with Gasteiger partial charge in [0.2, 0.25) is 0 Å². The summed E-state index contributed by atoms with van der Waals surface area (Å²) in [5, 5.41) is 6.56. The number of rotatable bonds is 7. The number of benzene rings is 3. The Morgan fingerprint density at radius 1 is 0.969 bits per heavy atom. The van der Waals surface area contributed by atoms with Gasteiger partial charge in [0.05, 0.1) is 11.2 Å². The molecule has 0 unspecified atom stereocenters. The Labute approximate surface area is 188 Å². The SMILES string of the molecule is O=Cc1nc(-c2ccc3ncnc(Nc4ccc(OCc5ccccc5)cc4)c3c2)cs1. The van der Waals surface area contributed by atoms with Crippen LogP contribution in [0.2, 0.25) is 0 Å². The Morgan fingerprint density at radius 2 is 1.81 bits per heavy atom. The van der Waals surface area contributed by atoms with Gasteiger partial charge in [-0.2, -0.15) is 0 Å². The predicted octanol–water partition coefficient (Wildman–Crippen LogP) is 5.89. The van der Waals surface area contributed by atoms with Crippen LogP contribution in [0.25, 0.3) is 22.2 Å². The van der Waals surface area contributed by atoms with Crippen molar-refractivity contribution in [1.82, 2.24) is 15.0 Å². The molecular weight excluding hydrogens is 420 g/mol. The molecule has 0 aliphatic carbocycles. The average molecular weight is 439 g/mol. The third-order valence-corrected chi connectivity index (χ3v) is 5.69. The molecule has 2 heterocycles. The van der Waals surface area contributed by atoms with E-state index >= 15 is 0 Å². The topological polar surface area (TPSA) is 77.0 Å². The lowest BCUT2D eigenvalue weighted by Crippen LogP contribution is -1.97. The van der Waals surface area contributed by atoms with Crippen LogP contribution in [0.5, 0.6) is 5.75 Å². The van der Waals surface area contributed by atoms with Gasteiger partial charge < -0.3 is 10.1 Å². The van der Waals surface area contributed by atoms with E-state index in [-0.39, 0.29) is 0 Å². The van der Waals surface area contributed by atoms with Gasteiger partial charge in [-0.05, 0) is 42.0 Å². The minimum atomic E-state index is 0.456. The largest absolute Gasteiger partial charge is 0.489 e. The van der Waals surface area contributed by atoms with Crippen molar-refractivity contribution < 1.29 is 9.53 Å². The molecule has 6 nitrogen and oxygen atoms in total. The number of aldehydes is 1. The van der Waals surface area contributed by atoms with Crippen molar-refractivity contribution in [3.05, 3.63) is 95.1 Å². The van der Waals surface area contributed by atoms with Crippen LogP contribution < -0.4 is 10.1 Å². The van der Waals surface area contributed by atoms with Gasteiger partial charge in [0, 0.05) is 22.0 Å². The minimum Gasteiger partial charge on any atom is -0.489 e.